The average molecular weight is 359 g/mol. The van der Waals surface area contributed by atoms with E-state index in [1.165, 1.54) is 10.9 Å². The molecule has 26 heavy (non-hydrogen) atoms. The van der Waals surface area contributed by atoms with E-state index in [-0.39, 0.29) is 17.5 Å². The lowest BCUT2D eigenvalue weighted by Gasteiger charge is -2.09. The smallest absolute Gasteiger partial charge is 0.307 e. The van der Waals surface area contributed by atoms with Gasteiger partial charge < -0.3 is 15.5 Å². The SMILES string of the molecule is CC(C)n1nnc(-c2ccc(O)c(NC(=O)[C@H]3[C@@H](C(=O)O)C3(C)C)c2)n1. The van der Waals surface area contributed by atoms with Crippen LogP contribution in [0.25, 0.3) is 11.4 Å². The zero-order valence-electron chi connectivity index (χ0n) is 15.0. The predicted octanol–water partition coefficient (Wildman–Crippen LogP) is 1.92. The maximum absolute atomic E-state index is 12.5. The molecule has 9 heteroatoms. The van der Waals surface area contributed by atoms with E-state index in [2.05, 4.69) is 20.7 Å². The number of tetrazole rings is 1. The van der Waals surface area contributed by atoms with Crippen LogP contribution in [-0.4, -0.2) is 42.3 Å². The molecular weight excluding hydrogens is 338 g/mol. The molecule has 1 heterocycles. The molecule has 0 unspecified atom stereocenters. The maximum Gasteiger partial charge on any atom is 0.307 e. The molecule has 9 nitrogen and oxygen atoms in total. The van der Waals surface area contributed by atoms with Crippen LogP contribution in [0.3, 0.4) is 0 Å². The van der Waals surface area contributed by atoms with Gasteiger partial charge in [-0.25, -0.2) is 0 Å². The Morgan fingerprint density at radius 1 is 1.27 bits per heavy atom. The summed E-state index contributed by atoms with van der Waals surface area (Å²) in [6.07, 6.45) is 0. The molecule has 0 spiro atoms. The third kappa shape index (κ3) is 3.00. The number of nitrogens with one attached hydrogen (secondary N) is 1. The van der Waals surface area contributed by atoms with Gasteiger partial charge in [-0.1, -0.05) is 13.8 Å². The summed E-state index contributed by atoms with van der Waals surface area (Å²) in [5.74, 6) is -2.58. The van der Waals surface area contributed by atoms with Gasteiger partial charge in [0.2, 0.25) is 11.7 Å². The number of carbonyl (C=O) groups is 2. The molecule has 0 radical (unpaired) electrons. The van der Waals surface area contributed by atoms with E-state index in [0.29, 0.717) is 11.4 Å². The van der Waals surface area contributed by atoms with Gasteiger partial charge >= 0.3 is 5.97 Å². The number of hydrogen-bond acceptors (Lipinski definition) is 6. The first kappa shape index (κ1) is 17.8. The van der Waals surface area contributed by atoms with E-state index >= 15 is 0 Å². The Kier molecular flexibility index (Phi) is 4.17. The van der Waals surface area contributed by atoms with Gasteiger partial charge in [0.15, 0.2) is 0 Å². The summed E-state index contributed by atoms with van der Waals surface area (Å²) in [5, 5.41) is 34.1. The number of phenols is 1. The number of benzene rings is 1. The Morgan fingerprint density at radius 3 is 2.50 bits per heavy atom. The van der Waals surface area contributed by atoms with Crippen molar-refractivity contribution in [3.05, 3.63) is 18.2 Å². The Bertz CT molecular complexity index is 874. The van der Waals surface area contributed by atoms with Gasteiger partial charge in [-0.15, -0.1) is 10.2 Å². The van der Waals surface area contributed by atoms with E-state index in [1.54, 1.807) is 26.0 Å². The second-order valence-electron chi connectivity index (χ2n) is 7.36. The topological polar surface area (TPSA) is 130 Å². The molecule has 3 N–H and O–H groups in total. The number of nitrogens with zero attached hydrogens (tertiary/aromatic N) is 4. The van der Waals surface area contributed by atoms with Crippen molar-refractivity contribution in [2.45, 2.75) is 33.7 Å². The molecule has 0 bridgehead atoms. The van der Waals surface area contributed by atoms with Crippen LogP contribution in [0.15, 0.2) is 18.2 Å². The number of carbonyl (C=O) groups excluding carboxylic acids is 1. The molecular formula is C17H21N5O4. The van der Waals surface area contributed by atoms with Gasteiger partial charge in [-0.05, 0) is 42.7 Å². The van der Waals surface area contributed by atoms with Crippen LogP contribution >= 0.6 is 0 Å². The predicted molar refractivity (Wildman–Crippen MR) is 92.3 cm³/mol. The van der Waals surface area contributed by atoms with Crippen LogP contribution in [0.1, 0.15) is 33.7 Å². The highest BCUT2D eigenvalue weighted by molar-refractivity contribution is 6.00. The van der Waals surface area contributed by atoms with Gasteiger partial charge in [0.25, 0.3) is 0 Å². The van der Waals surface area contributed by atoms with Crippen LogP contribution in [0.4, 0.5) is 5.69 Å². The molecule has 1 aromatic carbocycles. The minimum absolute atomic E-state index is 0.0533. The highest BCUT2D eigenvalue weighted by Gasteiger charge is 2.65. The molecule has 2 atom stereocenters. The molecule has 138 valence electrons. The van der Waals surface area contributed by atoms with Crippen LogP contribution < -0.4 is 5.32 Å². The molecule has 1 fully saturated rings. The molecule has 1 aliphatic rings. The Hall–Kier alpha value is -2.97. The van der Waals surface area contributed by atoms with E-state index in [4.69, 9.17) is 0 Å². The monoisotopic (exact) mass is 359 g/mol. The molecule has 0 saturated heterocycles. The Balaban J connectivity index is 1.82. The standard InChI is InChI=1S/C17H21N5O4/c1-8(2)22-20-14(19-21-22)9-5-6-11(23)10(7-9)18-15(24)12-13(16(25)26)17(12,3)4/h5-8,12-13,23H,1-4H3,(H,18,24)(H,25,26)/t12-,13+/m1/s1. The Labute approximate surface area is 150 Å². The summed E-state index contributed by atoms with van der Waals surface area (Å²) >= 11 is 0. The second-order valence-corrected chi connectivity index (χ2v) is 7.36. The summed E-state index contributed by atoms with van der Waals surface area (Å²) in [5.41, 5.74) is 0.139. The molecule has 1 aromatic heterocycles. The van der Waals surface area contributed by atoms with Crippen molar-refractivity contribution >= 4 is 17.6 Å². The van der Waals surface area contributed by atoms with Gasteiger partial charge in [0.05, 0.1) is 23.6 Å². The fourth-order valence-electron chi connectivity index (χ4n) is 3.13. The zero-order valence-corrected chi connectivity index (χ0v) is 15.0. The van der Waals surface area contributed by atoms with Gasteiger partial charge in [-0.2, -0.15) is 4.80 Å². The number of aromatic nitrogens is 4. The summed E-state index contributed by atoms with van der Waals surface area (Å²) in [4.78, 5) is 25.2. The van der Waals surface area contributed by atoms with Crippen LogP contribution in [0.5, 0.6) is 5.75 Å². The van der Waals surface area contributed by atoms with Crippen molar-refractivity contribution in [1.29, 1.82) is 0 Å². The van der Waals surface area contributed by atoms with Crippen LogP contribution in [0, 0.1) is 17.3 Å². The number of aliphatic carboxylic acids is 1. The second kappa shape index (κ2) is 6.08. The number of hydrogen-bond donors (Lipinski definition) is 3. The molecule has 2 aromatic rings. The molecule has 0 aliphatic heterocycles. The fraction of sp³-hybridized carbons (Fsp3) is 0.471. The van der Waals surface area contributed by atoms with Crippen molar-refractivity contribution in [3.8, 4) is 17.1 Å². The number of phenolic OH excluding ortho intramolecular Hbond substituents is 1. The first-order valence-electron chi connectivity index (χ1n) is 8.29. The third-order valence-corrected chi connectivity index (χ3v) is 4.78. The largest absolute Gasteiger partial charge is 0.506 e. The van der Waals surface area contributed by atoms with Crippen LogP contribution in [-0.2, 0) is 9.59 Å². The number of rotatable bonds is 5. The average Bonchev–Trinajstić information content (AvgIpc) is 2.92. The number of anilines is 1. The first-order valence-corrected chi connectivity index (χ1v) is 8.29. The van der Waals surface area contributed by atoms with Gasteiger partial charge in [0, 0.05) is 5.56 Å². The summed E-state index contributed by atoms with van der Waals surface area (Å²) < 4.78 is 0. The van der Waals surface area contributed by atoms with Crippen molar-refractivity contribution in [1.82, 2.24) is 20.2 Å². The lowest BCUT2D eigenvalue weighted by atomic mass is 10.1. The lowest BCUT2D eigenvalue weighted by Crippen LogP contribution is -2.17. The lowest BCUT2D eigenvalue weighted by molar-refractivity contribution is -0.140. The molecule has 1 saturated carbocycles. The van der Waals surface area contributed by atoms with E-state index in [1.807, 2.05) is 13.8 Å². The molecule has 1 amide bonds. The van der Waals surface area contributed by atoms with Crippen molar-refractivity contribution in [2.24, 2.45) is 17.3 Å². The number of carboxylic acid groups (broad SMARTS) is 1. The number of aromatic hydroxyl groups is 1. The molecule has 3 rings (SSSR count). The summed E-state index contributed by atoms with van der Waals surface area (Å²) in [6.45, 7) is 7.31. The summed E-state index contributed by atoms with van der Waals surface area (Å²) in [7, 11) is 0. The van der Waals surface area contributed by atoms with Crippen molar-refractivity contribution in [2.75, 3.05) is 5.32 Å². The highest BCUT2D eigenvalue weighted by atomic mass is 16.4. The normalized spacial score (nSPS) is 20.8. The van der Waals surface area contributed by atoms with Crippen LogP contribution in [0.2, 0.25) is 0 Å². The third-order valence-electron chi connectivity index (χ3n) is 4.78. The zero-order chi connectivity index (χ0) is 19.2. The molecule has 1 aliphatic carbocycles. The van der Waals surface area contributed by atoms with E-state index in [9.17, 15) is 19.8 Å². The van der Waals surface area contributed by atoms with Gasteiger partial charge in [-0.3, -0.25) is 9.59 Å². The summed E-state index contributed by atoms with van der Waals surface area (Å²) in [6, 6.07) is 4.64. The Morgan fingerprint density at radius 2 is 1.96 bits per heavy atom. The van der Waals surface area contributed by atoms with Gasteiger partial charge in [0.1, 0.15) is 5.75 Å². The number of amides is 1. The minimum atomic E-state index is -0.998. The van der Waals surface area contributed by atoms with Crippen molar-refractivity contribution < 1.29 is 19.8 Å². The fourth-order valence-corrected chi connectivity index (χ4v) is 3.13. The van der Waals surface area contributed by atoms with Crippen molar-refractivity contribution in [3.63, 3.8) is 0 Å². The maximum atomic E-state index is 12.5. The minimum Gasteiger partial charge on any atom is -0.506 e. The van der Waals surface area contributed by atoms with E-state index < -0.39 is 29.1 Å². The number of carboxylic acids is 1. The van der Waals surface area contributed by atoms with E-state index in [0.717, 1.165) is 0 Å². The highest BCUT2D eigenvalue weighted by Crippen LogP contribution is 2.58. The first-order chi connectivity index (χ1) is 12.1. The quantitative estimate of drug-likeness (QED) is 0.695.